The second-order valence-corrected chi connectivity index (χ2v) is 7.43. The Kier molecular flexibility index (Phi) is 7.25. The van der Waals surface area contributed by atoms with Crippen molar-refractivity contribution in [1.29, 1.82) is 0 Å². The molecule has 2 rings (SSSR count). The zero-order valence-electron chi connectivity index (χ0n) is 16.7. The number of nitrogens with zero attached hydrogens (tertiary/aromatic N) is 1. The zero-order valence-corrected chi connectivity index (χ0v) is 16.7. The van der Waals surface area contributed by atoms with Crippen molar-refractivity contribution in [2.45, 2.75) is 45.0 Å². The van der Waals surface area contributed by atoms with E-state index in [4.69, 9.17) is 4.74 Å². The number of alkyl carbamates (subject to hydrolysis) is 1. The van der Waals surface area contributed by atoms with Crippen molar-refractivity contribution in [1.82, 2.24) is 15.7 Å². The normalized spacial score (nSPS) is 12.6. The Bertz CT molecular complexity index is 850. The van der Waals surface area contributed by atoms with Gasteiger partial charge in [0.05, 0.1) is 5.56 Å². The first-order chi connectivity index (χ1) is 13.9. The molecule has 1 aromatic carbocycles. The van der Waals surface area contributed by atoms with Crippen LogP contribution in [0.4, 0.5) is 23.8 Å². The van der Waals surface area contributed by atoms with Gasteiger partial charge in [-0.3, -0.25) is 15.6 Å². The van der Waals surface area contributed by atoms with Crippen LogP contribution in [0.25, 0.3) is 0 Å². The van der Waals surface area contributed by atoms with Gasteiger partial charge in [-0.05, 0) is 38.5 Å². The number of rotatable bonds is 6. The Morgan fingerprint density at radius 3 is 2.27 bits per heavy atom. The van der Waals surface area contributed by atoms with Crippen molar-refractivity contribution in [2.24, 2.45) is 0 Å². The minimum absolute atomic E-state index is 0.00655. The van der Waals surface area contributed by atoms with E-state index >= 15 is 0 Å². The van der Waals surface area contributed by atoms with Crippen molar-refractivity contribution >= 4 is 17.8 Å². The Morgan fingerprint density at radius 1 is 1.07 bits per heavy atom. The maximum Gasteiger partial charge on any atom is 0.417 e. The zero-order chi connectivity index (χ0) is 22.4. The molecule has 0 aliphatic rings. The van der Waals surface area contributed by atoms with Gasteiger partial charge in [0.1, 0.15) is 17.5 Å². The number of hydrogen-bond acceptors (Lipinski definition) is 5. The molecule has 10 heteroatoms. The summed E-state index contributed by atoms with van der Waals surface area (Å²) in [6.07, 6.45) is -4.46. The van der Waals surface area contributed by atoms with E-state index in [0.29, 0.717) is 6.20 Å². The minimum Gasteiger partial charge on any atom is -0.444 e. The first-order valence-corrected chi connectivity index (χ1v) is 9.06. The highest BCUT2D eigenvalue weighted by atomic mass is 19.4. The first-order valence-electron chi connectivity index (χ1n) is 9.06. The van der Waals surface area contributed by atoms with Crippen LogP contribution in [-0.4, -0.2) is 28.6 Å². The van der Waals surface area contributed by atoms with Crippen LogP contribution in [0.1, 0.15) is 31.9 Å². The monoisotopic (exact) mass is 424 g/mol. The number of benzene rings is 1. The molecule has 3 N–H and O–H groups in total. The summed E-state index contributed by atoms with van der Waals surface area (Å²) in [6.45, 7) is 5.07. The van der Waals surface area contributed by atoms with Crippen molar-refractivity contribution in [3.63, 3.8) is 0 Å². The maximum atomic E-state index is 12.6. The lowest BCUT2D eigenvalue weighted by Gasteiger charge is -2.23. The quantitative estimate of drug-likeness (QED) is 0.616. The molecule has 7 nitrogen and oxygen atoms in total. The van der Waals surface area contributed by atoms with Crippen LogP contribution in [-0.2, 0) is 22.1 Å². The molecule has 0 bridgehead atoms. The number of alkyl halides is 3. The van der Waals surface area contributed by atoms with Crippen LogP contribution in [0.5, 0.6) is 0 Å². The molecule has 30 heavy (non-hydrogen) atoms. The van der Waals surface area contributed by atoms with Gasteiger partial charge < -0.3 is 10.1 Å². The largest absolute Gasteiger partial charge is 0.444 e. The molecular formula is C20H23F3N4O3. The summed E-state index contributed by atoms with van der Waals surface area (Å²) in [4.78, 5) is 28.3. The molecule has 0 unspecified atom stereocenters. The number of carbonyl (C=O) groups excluding carboxylic acids is 2. The number of hydrazine groups is 1. The van der Waals surface area contributed by atoms with Gasteiger partial charge in [-0.25, -0.2) is 9.78 Å². The number of halogens is 3. The van der Waals surface area contributed by atoms with E-state index < -0.39 is 35.4 Å². The lowest BCUT2D eigenvalue weighted by Crippen LogP contribution is -2.50. The standard InChI is InChI=1S/C20H23F3N4O3/c1-19(2,3)30-18(29)25-15(11-13-7-5-4-6-8-13)17(28)27-26-16-10-9-14(12-24-16)20(21,22)23/h4-10,12,15H,11H2,1-3H3,(H,24,26)(H,25,29)(H,27,28)/t15-/m1/s1. The third-order valence-corrected chi connectivity index (χ3v) is 3.69. The highest BCUT2D eigenvalue weighted by molar-refractivity contribution is 5.86. The van der Waals surface area contributed by atoms with E-state index in [-0.39, 0.29) is 12.2 Å². The lowest BCUT2D eigenvalue weighted by atomic mass is 10.1. The highest BCUT2D eigenvalue weighted by Gasteiger charge is 2.30. The third kappa shape index (κ3) is 7.61. The van der Waals surface area contributed by atoms with Crippen LogP contribution in [0.3, 0.4) is 0 Å². The van der Waals surface area contributed by atoms with Crippen LogP contribution < -0.4 is 16.2 Å². The van der Waals surface area contributed by atoms with Crippen molar-refractivity contribution in [3.8, 4) is 0 Å². The van der Waals surface area contributed by atoms with E-state index in [2.05, 4.69) is 21.2 Å². The Labute approximate surface area is 172 Å². The van der Waals surface area contributed by atoms with E-state index in [9.17, 15) is 22.8 Å². The van der Waals surface area contributed by atoms with Gasteiger partial charge in [0.2, 0.25) is 0 Å². The van der Waals surface area contributed by atoms with Crippen molar-refractivity contribution in [2.75, 3.05) is 5.43 Å². The van der Waals surface area contributed by atoms with Gasteiger partial charge in [-0.15, -0.1) is 0 Å². The van der Waals surface area contributed by atoms with Crippen molar-refractivity contribution in [3.05, 3.63) is 59.8 Å². The van der Waals surface area contributed by atoms with Crippen LogP contribution in [0.2, 0.25) is 0 Å². The molecule has 0 fully saturated rings. The van der Waals surface area contributed by atoms with Gasteiger partial charge >= 0.3 is 12.3 Å². The Morgan fingerprint density at radius 2 is 1.73 bits per heavy atom. The number of ether oxygens (including phenoxy) is 1. The SMILES string of the molecule is CC(C)(C)OC(=O)N[C@H](Cc1ccccc1)C(=O)NNc1ccc(C(F)(F)F)cn1. The molecule has 0 saturated heterocycles. The Balaban J connectivity index is 2.05. The topological polar surface area (TPSA) is 92.3 Å². The maximum absolute atomic E-state index is 12.6. The summed E-state index contributed by atoms with van der Waals surface area (Å²) >= 11 is 0. The fourth-order valence-corrected chi connectivity index (χ4v) is 2.36. The highest BCUT2D eigenvalue weighted by Crippen LogP contribution is 2.28. The van der Waals surface area contributed by atoms with E-state index in [1.165, 1.54) is 0 Å². The number of carbonyl (C=O) groups is 2. The predicted molar refractivity (Wildman–Crippen MR) is 104 cm³/mol. The molecule has 0 saturated carbocycles. The minimum atomic E-state index is -4.51. The summed E-state index contributed by atoms with van der Waals surface area (Å²) in [5, 5.41) is 2.50. The number of pyridine rings is 1. The molecule has 1 heterocycles. The molecule has 2 amide bonds. The molecule has 162 valence electrons. The van der Waals surface area contributed by atoms with E-state index in [0.717, 1.165) is 17.7 Å². The fourth-order valence-electron chi connectivity index (χ4n) is 2.36. The van der Waals surface area contributed by atoms with E-state index in [1.807, 2.05) is 6.07 Å². The predicted octanol–water partition coefficient (Wildman–Crippen LogP) is 3.68. The van der Waals surface area contributed by atoms with Gasteiger partial charge in [-0.1, -0.05) is 30.3 Å². The molecule has 0 aliphatic carbocycles. The Hall–Kier alpha value is -3.30. The summed E-state index contributed by atoms with van der Waals surface area (Å²) in [7, 11) is 0. The lowest BCUT2D eigenvalue weighted by molar-refractivity contribution is -0.137. The summed E-state index contributed by atoms with van der Waals surface area (Å²) in [5.74, 6) is -0.613. The second-order valence-electron chi connectivity index (χ2n) is 7.43. The van der Waals surface area contributed by atoms with E-state index in [1.54, 1.807) is 45.0 Å². The van der Waals surface area contributed by atoms with Crippen LogP contribution in [0.15, 0.2) is 48.7 Å². The smallest absolute Gasteiger partial charge is 0.417 e. The molecule has 1 atom stereocenters. The fraction of sp³-hybridized carbons (Fsp3) is 0.350. The molecule has 0 spiro atoms. The number of hydrogen-bond donors (Lipinski definition) is 3. The third-order valence-electron chi connectivity index (χ3n) is 3.69. The molecular weight excluding hydrogens is 401 g/mol. The summed E-state index contributed by atoms with van der Waals surface area (Å²) < 4.78 is 43.0. The van der Waals surface area contributed by atoms with Gasteiger partial charge in [0.25, 0.3) is 5.91 Å². The first kappa shape index (κ1) is 23.0. The molecule has 2 aromatic rings. The van der Waals surface area contributed by atoms with Crippen LogP contribution in [0, 0.1) is 0 Å². The molecule has 0 radical (unpaired) electrons. The summed E-state index contributed by atoms with van der Waals surface area (Å²) in [5.41, 5.74) is 3.92. The summed E-state index contributed by atoms with van der Waals surface area (Å²) in [6, 6.07) is 9.91. The van der Waals surface area contributed by atoms with Gasteiger partial charge in [0.15, 0.2) is 0 Å². The average molecular weight is 424 g/mol. The average Bonchev–Trinajstić information content (AvgIpc) is 2.64. The van der Waals surface area contributed by atoms with Crippen LogP contribution >= 0.6 is 0 Å². The van der Waals surface area contributed by atoms with Gasteiger partial charge in [0, 0.05) is 12.6 Å². The van der Waals surface area contributed by atoms with Crippen molar-refractivity contribution < 1.29 is 27.5 Å². The number of anilines is 1. The number of aromatic nitrogens is 1. The number of amides is 2. The molecule has 1 aromatic heterocycles. The molecule has 0 aliphatic heterocycles. The van der Waals surface area contributed by atoms with Gasteiger partial charge in [-0.2, -0.15) is 13.2 Å². The number of nitrogens with one attached hydrogen (secondary N) is 3. The second kappa shape index (κ2) is 9.47.